The van der Waals surface area contributed by atoms with E-state index in [1.54, 1.807) is 0 Å². The van der Waals surface area contributed by atoms with E-state index < -0.39 is 17.7 Å². The monoisotopic (exact) mass is 247 g/mol. The number of thiazole rings is 1. The molecule has 0 radical (unpaired) electrons. The highest BCUT2D eigenvalue weighted by atomic mass is 32.1. The van der Waals surface area contributed by atoms with Crippen molar-refractivity contribution in [3.05, 3.63) is 41.2 Å². The zero-order valence-electron chi connectivity index (χ0n) is 7.75. The fourth-order valence-corrected chi connectivity index (χ4v) is 1.98. The maximum absolute atomic E-state index is 12.8. The van der Waals surface area contributed by atoms with Crippen LogP contribution in [0.25, 0.3) is 10.6 Å². The van der Waals surface area contributed by atoms with E-state index >= 15 is 0 Å². The first-order chi connectivity index (χ1) is 7.47. The van der Waals surface area contributed by atoms with Crippen LogP contribution in [0, 0.1) is 5.82 Å². The predicted molar refractivity (Wildman–Crippen MR) is 52.5 cm³/mol. The van der Waals surface area contributed by atoms with Crippen molar-refractivity contribution in [3.8, 4) is 10.6 Å². The molecule has 6 heteroatoms. The molecule has 0 N–H and O–H groups in total. The lowest BCUT2D eigenvalue weighted by Gasteiger charge is -2.00. The molecule has 1 aromatic heterocycles. The van der Waals surface area contributed by atoms with Gasteiger partial charge in [-0.2, -0.15) is 13.2 Å². The molecule has 1 nitrogen and oxygen atoms in total. The SMILES string of the molecule is Fc1cccc(-c2nc(C(F)(F)F)cs2)c1. The third kappa shape index (κ3) is 2.21. The van der Waals surface area contributed by atoms with E-state index in [-0.39, 0.29) is 5.01 Å². The molecule has 0 aliphatic rings. The van der Waals surface area contributed by atoms with Gasteiger partial charge in [-0.05, 0) is 12.1 Å². The molecule has 0 aliphatic heterocycles. The lowest BCUT2D eigenvalue weighted by atomic mass is 10.2. The molecule has 0 saturated carbocycles. The van der Waals surface area contributed by atoms with Crippen molar-refractivity contribution in [1.82, 2.24) is 4.98 Å². The predicted octanol–water partition coefficient (Wildman–Crippen LogP) is 3.97. The van der Waals surface area contributed by atoms with Crippen LogP contribution < -0.4 is 0 Å². The molecule has 0 aliphatic carbocycles. The van der Waals surface area contributed by atoms with E-state index in [1.807, 2.05) is 0 Å². The fraction of sp³-hybridized carbons (Fsp3) is 0.100. The third-order valence-electron chi connectivity index (χ3n) is 1.87. The van der Waals surface area contributed by atoms with Gasteiger partial charge < -0.3 is 0 Å². The average molecular weight is 247 g/mol. The quantitative estimate of drug-likeness (QED) is 0.695. The van der Waals surface area contributed by atoms with Gasteiger partial charge in [0.25, 0.3) is 0 Å². The zero-order valence-corrected chi connectivity index (χ0v) is 8.57. The average Bonchev–Trinajstić information content (AvgIpc) is 2.65. The number of rotatable bonds is 1. The van der Waals surface area contributed by atoms with Crippen LogP contribution in [0.1, 0.15) is 5.69 Å². The van der Waals surface area contributed by atoms with Crippen molar-refractivity contribution >= 4 is 11.3 Å². The van der Waals surface area contributed by atoms with Gasteiger partial charge in [-0.1, -0.05) is 12.1 Å². The van der Waals surface area contributed by atoms with E-state index in [4.69, 9.17) is 0 Å². The minimum Gasteiger partial charge on any atom is -0.232 e. The fourth-order valence-electron chi connectivity index (χ4n) is 1.16. The maximum atomic E-state index is 12.8. The Labute approximate surface area is 92.4 Å². The highest BCUT2D eigenvalue weighted by Crippen LogP contribution is 2.33. The van der Waals surface area contributed by atoms with Gasteiger partial charge in [-0.25, -0.2) is 9.37 Å². The second kappa shape index (κ2) is 3.86. The van der Waals surface area contributed by atoms with Crippen LogP contribution in [-0.2, 0) is 6.18 Å². The summed E-state index contributed by atoms with van der Waals surface area (Å²) in [6.45, 7) is 0. The van der Waals surface area contributed by atoms with Crippen LogP contribution in [0.2, 0.25) is 0 Å². The van der Waals surface area contributed by atoms with Gasteiger partial charge >= 0.3 is 6.18 Å². The standard InChI is InChI=1S/C10H5F4NS/c11-7-3-1-2-6(4-7)9-15-8(5-16-9)10(12,13)14/h1-5H. The Morgan fingerprint density at radius 2 is 1.94 bits per heavy atom. The Kier molecular flexibility index (Phi) is 2.67. The number of benzene rings is 1. The molecule has 1 aromatic carbocycles. The van der Waals surface area contributed by atoms with Crippen LogP contribution >= 0.6 is 11.3 Å². The van der Waals surface area contributed by atoms with Gasteiger partial charge in [0.2, 0.25) is 0 Å². The Balaban J connectivity index is 2.39. The highest BCUT2D eigenvalue weighted by Gasteiger charge is 2.33. The molecule has 0 fully saturated rings. The summed E-state index contributed by atoms with van der Waals surface area (Å²) in [7, 11) is 0. The normalized spacial score (nSPS) is 11.8. The van der Waals surface area contributed by atoms with E-state index in [1.165, 1.54) is 18.2 Å². The molecule has 84 valence electrons. The molecule has 16 heavy (non-hydrogen) atoms. The summed E-state index contributed by atoms with van der Waals surface area (Å²) < 4.78 is 49.6. The largest absolute Gasteiger partial charge is 0.434 e. The molecule has 2 rings (SSSR count). The molecule has 0 atom stereocenters. The summed E-state index contributed by atoms with van der Waals surface area (Å²) in [5.41, 5.74) is -0.600. The number of hydrogen-bond donors (Lipinski definition) is 0. The van der Waals surface area contributed by atoms with Gasteiger partial charge in [-0.3, -0.25) is 0 Å². The van der Waals surface area contributed by atoms with E-state index in [0.717, 1.165) is 22.8 Å². The second-order valence-electron chi connectivity index (χ2n) is 3.05. The number of halogens is 4. The summed E-state index contributed by atoms with van der Waals surface area (Å²) >= 11 is 0.840. The summed E-state index contributed by atoms with van der Waals surface area (Å²) in [6, 6.07) is 5.32. The molecular formula is C10H5F4NS. The number of alkyl halides is 3. The molecule has 0 amide bonds. The Hall–Kier alpha value is -1.43. The molecule has 2 aromatic rings. The Morgan fingerprint density at radius 1 is 1.19 bits per heavy atom. The summed E-state index contributed by atoms with van der Waals surface area (Å²) in [5.74, 6) is -0.499. The van der Waals surface area contributed by atoms with Crippen molar-refractivity contribution < 1.29 is 17.6 Å². The van der Waals surface area contributed by atoms with Crippen molar-refractivity contribution in [2.24, 2.45) is 0 Å². The lowest BCUT2D eigenvalue weighted by molar-refractivity contribution is -0.140. The Morgan fingerprint density at radius 3 is 2.50 bits per heavy atom. The van der Waals surface area contributed by atoms with Crippen molar-refractivity contribution in [3.63, 3.8) is 0 Å². The molecule has 1 heterocycles. The summed E-state index contributed by atoms with van der Waals surface area (Å²) in [5, 5.41) is 1.08. The summed E-state index contributed by atoms with van der Waals surface area (Å²) in [4.78, 5) is 3.42. The molecule has 0 saturated heterocycles. The number of nitrogens with zero attached hydrogens (tertiary/aromatic N) is 1. The van der Waals surface area contributed by atoms with E-state index in [0.29, 0.717) is 5.56 Å². The zero-order chi connectivity index (χ0) is 11.8. The first-order valence-electron chi connectivity index (χ1n) is 4.25. The van der Waals surface area contributed by atoms with Crippen LogP contribution in [0.5, 0.6) is 0 Å². The molecule has 0 spiro atoms. The van der Waals surface area contributed by atoms with Crippen molar-refractivity contribution in [1.29, 1.82) is 0 Å². The minimum absolute atomic E-state index is 0.159. The van der Waals surface area contributed by atoms with Crippen LogP contribution in [-0.4, -0.2) is 4.98 Å². The van der Waals surface area contributed by atoms with Gasteiger partial charge in [0.15, 0.2) is 5.69 Å². The van der Waals surface area contributed by atoms with Gasteiger partial charge in [0.1, 0.15) is 10.8 Å². The van der Waals surface area contributed by atoms with Gasteiger partial charge in [0.05, 0.1) is 0 Å². The molecular weight excluding hydrogens is 242 g/mol. The highest BCUT2D eigenvalue weighted by molar-refractivity contribution is 7.13. The first kappa shape index (κ1) is 11.1. The van der Waals surface area contributed by atoms with Crippen LogP contribution in [0.3, 0.4) is 0 Å². The van der Waals surface area contributed by atoms with Crippen molar-refractivity contribution in [2.75, 3.05) is 0 Å². The van der Waals surface area contributed by atoms with Crippen LogP contribution in [0.4, 0.5) is 17.6 Å². The number of aromatic nitrogens is 1. The smallest absolute Gasteiger partial charge is 0.232 e. The van der Waals surface area contributed by atoms with E-state index in [2.05, 4.69) is 4.98 Å². The van der Waals surface area contributed by atoms with Gasteiger partial charge in [-0.15, -0.1) is 11.3 Å². The van der Waals surface area contributed by atoms with Crippen LogP contribution in [0.15, 0.2) is 29.6 Å². The maximum Gasteiger partial charge on any atom is 0.434 e. The topological polar surface area (TPSA) is 12.9 Å². The first-order valence-corrected chi connectivity index (χ1v) is 5.13. The third-order valence-corrected chi connectivity index (χ3v) is 2.76. The minimum atomic E-state index is -4.46. The van der Waals surface area contributed by atoms with Gasteiger partial charge in [0, 0.05) is 10.9 Å². The lowest BCUT2D eigenvalue weighted by Crippen LogP contribution is -2.04. The molecule has 0 unspecified atom stereocenters. The van der Waals surface area contributed by atoms with Crippen molar-refractivity contribution in [2.45, 2.75) is 6.18 Å². The van der Waals surface area contributed by atoms with E-state index in [9.17, 15) is 17.6 Å². The Bertz CT molecular complexity index is 504. The molecule has 0 bridgehead atoms. The second-order valence-corrected chi connectivity index (χ2v) is 3.90. The number of hydrogen-bond acceptors (Lipinski definition) is 2. The summed E-state index contributed by atoms with van der Waals surface area (Å²) in [6.07, 6.45) is -4.46.